The highest BCUT2D eigenvalue weighted by Gasteiger charge is 2.21. The fourth-order valence-corrected chi connectivity index (χ4v) is 3.16. The first-order valence-corrected chi connectivity index (χ1v) is 9.50. The first-order chi connectivity index (χ1) is 11.7. The Morgan fingerprint density at radius 1 is 1.21 bits per heavy atom. The van der Waals surface area contributed by atoms with Crippen LogP contribution in [0.3, 0.4) is 0 Å². The molecule has 0 saturated heterocycles. The number of rotatable bonds is 9. The van der Waals surface area contributed by atoms with Crippen molar-refractivity contribution >= 4 is 0 Å². The standard InChI is InChI=1S/C22H30O2/c1-2-21(23)16-24-22-13-11-20(12-14-22)15-19-9-7-18(8-10-19)6-5-17-3-4-17/h7-9,11-14,17,19,21,23H,2-6,10,15-16H2,1H3. The quantitative estimate of drug-likeness (QED) is 0.686. The van der Waals surface area contributed by atoms with Gasteiger partial charge in [0.1, 0.15) is 12.4 Å². The Labute approximate surface area is 146 Å². The van der Waals surface area contributed by atoms with E-state index in [4.69, 9.17) is 4.74 Å². The zero-order valence-electron chi connectivity index (χ0n) is 14.8. The molecule has 3 rings (SSSR count). The number of ether oxygens (including phenoxy) is 1. The SMILES string of the molecule is CCC(O)COc1ccc(CC2C=CC(CCC3CC3)=CC2)cc1. The van der Waals surface area contributed by atoms with Crippen molar-refractivity contribution in [3.63, 3.8) is 0 Å². The molecule has 2 atom stereocenters. The Bertz CT molecular complexity index is 566. The highest BCUT2D eigenvalue weighted by Crippen LogP contribution is 2.35. The number of hydrogen-bond donors (Lipinski definition) is 1. The molecule has 2 heteroatoms. The predicted molar refractivity (Wildman–Crippen MR) is 99.2 cm³/mol. The summed E-state index contributed by atoms with van der Waals surface area (Å²) in [6, 6.07) is 8.32. The van der Waals surface area contributed by atoms with Gasteiger partial charge in [-0.1, -0.05) is 55.7 Å². The second-order valence-corrected chi connectivity index (χ2v) is 7.34. The molecule has 2 nitrogen and oxygen atoms in total. The van der Waals surface area contributed by atoms with Crippen LogP contribution in [-0.4, -0.2) is 17.8 Å². The van der Waals surface area contributed by atoms with Crippen LogP contribution >= 0.6 is 0 Å². The molecule has 130 valence electrons. The molecule has 0 radical (unpaired) electrons. The van der Waals surface area contributed by atoms with Crippen LogP contribution in [0, 0.1) is 11.8 Å². The van der Waals surface area contributed by atoms with Crippen LogP contribution in [0.15, 0.2) is 48.1 Å². The van der Waals surface area contributed by atoms with Crippen molar-refractivity contribution in [1.82, 2.24) is 0 Å². The predicted octanol–water partition coefficient (Wildman–Crippen LogP) is 5.07. The molecule has 24 heavy (non-hydrogen) atoms. The van der Waals surface area contributed by atoms with Crippen molar-refractivity contribution in [3.05, 3.63) is 53.6 Å². The van der Waals surface area contributed by atoms with E-state index in [-0.39, 0.29) is 6.10 Å². The van der Waals surface area contributed by atoms with Gasteiger partial charge in [0.15, 0.2) is 0 Å². The summed E-state index contributed by atoms with van der Waals surface area (Å²) in [6.07, 6.45) is 15.3. The summed E-state index contributed by atoms with van der Waals surface area (Å²) in [6.45, 7) is 2.33. The number of allylic oxidation sites excluding steroid dienone is 4. The second-order valence-electron chi connectivity index (χ2n) is 7.34. The molecule has 1 saturated carbocycles. The third-order valence-corrected chi connectivity index (χ3v) is 5.14. The zero-order valence-corrected chi connectivity index (χ0v) is 14.8. The van der Waals surface area contributed by atoms with Crippen LogP contribution in [0.2, 0.25) is 0 Å². The molecular weight excluding hydrogens is 296 g/mol. The minimum absolute atomic E-state index is 0.371. The maximum atomic E-state index is 9.55. The van der Waals surface area contributed by atoms with Gasteiger partial charge in [-0.05, 0) is 61.6 Å². The minimum atomic E-state index is -0.377. The average molecular weight is 326 g/mol. The second kappa shape index (κ2) is 8.53. The van der Waals surface area contributed by atoms with E-state index in [1.807, 2.05) is 19.1 Å². The van der Waals surface area contributed by atoms with Crippen molar-refractivity contribution < 1.29 is 9.84 Å². The largest absolute Gasteiger partial charge is 0.491 e. The van der Waals surface area contributed by atoms with Gasteiger partial charge in [0.2, 0.25) is 0 Å². The molecule has 2 aliphatic rings. The Kier molecular flexibility index (Phi) is 6.14. The first-order valence-electron chi connectivity index (χ1n) is 9.50. The van der Waals surface area contributed by atoms with Crippen molar-refractivity contribution in [2.24, 2.45) is 11.8 Å². The molecule has 0 heterocycles. The molecule has 0 spiro atoms. The van der Waals surface area contributed by atoms with Gasteiger partial charge in [-0.25, -0.2) is 0 Å². The molecule has 0 aromatic heterocycles. The maximum Gasteiger partial charge on any atom is 0.119 e. The van der Waals surface area contributed by atoms with Crippen molar-refractivity contribution in [2.45, 2.75) is 58.0 Å². The first kappa shape index (κ1) is 17.3. The molecule has 0 amide bonds. The molecule has 2 aliphatic carbocycles. The van der Waals surface area contributed by atoms with Crippen LogP contribution < -0.4 is 4.74 Å². The Morgan fingerprint density at radius 3 is 2.62 bits per heavy atom. The monoisotopic (exact) mass is 326 g/mol. The summed E-state index contributed by atoms with van der Waals surface area (Å²) < 4.78 is 5.60. The minimum Gasteiger partial charge on any atom is -0.491 e. The van der Waals surface area contributed by atoms with E-state index in [9.17, 15) is 5.11 Å². The lowest BCUT2D eigenvalue weighted by atomic mass is 9.89. The van der Waals surface area contributed by atoms with Crippen LogP contribution in [0.1, 0.15) is 51.0 Å². The van der Waals surface area contributed by atoms with E-state index in [1.54, 1.807) is 0 Å². The lowest BCUT2D eigenvalue weighted by Gasteiger charge is -2.17. The summed E-state index contributed by atoms with van der Waals surface area (Å²) >= 11 is 0. The Hall–Kier alpha value is -1.54. The number of hydrogen-bond acceptors (Lipinski definition) is 2. The smallest absolute Gasteiger partial charge is 0.119 e. The fourth-order valence-electron chi connectivity index (χ4n) is 3.16. The van der Waals surface area contributed by atoms with Crippen LogP contribution in [0.4, 0.5) is 0 Å². The molecule has 0 aliphatic heterocycles. The summed E-state index contributed by atoms with van der Waals surface area (Å²) in [7, 11) is 0. The summed E-state index contributed by atoms with van der Waals surface area (Å²) in [4.78, 5) is 0. The highest BCUT2D eigenvalue weighted by atomic mass is 16.5. The van der Waals surface area contributed by atoms with Gasteiger partial charge in [-0.15, -0.1) is 0 Å². The fraction of sp³-hybridized carbons (Fsp3) is 0.545. The van der Waals surface area contributed by atoms with Crippen LogP contribution in [0.5, 0.6) is 5.75 Å². The van der Waals surface area contributed by atoms with Crippen LogP contribution in [0.25, 0.3) is 0 Å². The van der Waals surface area contributed by atoms with Gasteiger partial charge in [-0.3, -0.25) is 0 Å². The van der Waals surface area contributed by atoms with Crippen LogP contribution in [-0.2, 0) is 6.42 Å². The van der Waals surface area contributed by atoms with Gasteiger partial charge >= 0.3 is 0 Å². The van der Waals surface area contributed by atoms with Gasteiger partial charge in [0, 0.05) is 0 Å². The molecule has 2 unspecified atom stereocenters. The normalized spacial score (nSPS) is 21.4. The van der Waals surface area contributed by atoms with Crippen molar-refractivity contribution in [3.8, 4) is 5.75 Å². The molecule has 0 bridgehead atoms. The highest BCUT2D eigenvalue weighted by molar-refractivity contribution is 5.30. The molecule has 1 aromatic carbocycles. The maximum absolute atomic E-state index is 9.55. The number of aliphatic hydroxyl groups excluding tert-OH is 1. The molecule has 1 aromatic rings. The van der Waals surface area contributed by atoms with E-state index < -0.39 is 0 Å². The van der Waals surface area contributed by atoms with E-state index in [1.165, 1.54) is 36.8 Å². The zero-order chi connectivity index (χ0) is 16.8. The molecule has 1 fully saturated rings. The molecule has 1 N–H and O–H groups in total. The van der Waals surface area contributed by atoms with E-state index >= 15 is 0 Å². The Morgan fingerprint density at radius 2 is 2.00 bits per heavy atom. The lowest BCUT2D eigenvalue weighted by Crippen LogP contribution is -2.15. The third kappa shape index (κ3) is 5.52. The summed E-state index contributed by atoms with van der Waals surface area (Å²) in [5, 5.41) is 9.55. The number of benzene rings is 1. The van der Waals surface area contributed by atoms with Gasteiger partial charge in [-0.2, -0.15) is 0 Å². The van der Waals surface area contributed by atoms with Gasteiger partial charge in [0.05, 0.1) is 6.10 Å². The topological polar surface area (TPSA) is 29.5 Å². The average Bonchev–Trinajstić information content (AvgIpc) is 3.45. The summed E-state index contributed by atoms with van der Waals surface area (Å²) in [5.41, 5.74) is 2.89. The summed E-state index contributed by atoms with van der Waals surface area (Å²) in [5.74, 6) is 2.48. The van der Waals surface area contributed by atoms with Gasteiger partial charge in [0.25, 0.3) is 0 Å². The van der Waals surface area contributed by atoms with E-state index in [2.05, 4.69) is 30.4 Å². The van der Waals surface area contributed by atoms with Gasteiger partial charge < -0.3 is 9.84 Å². The molecular formula is C22H30O2. The lowest BCUT2D eigenvalue weighted by molar-refractivity contribution is 0.104. The van der Waals surface area contributed by atoms with E-state index in [0.29, 0.717) is 12.5 Å². The van der Waals surface area contributed by atoms with E-state index in [0.717, 1.165) is 30.9 Å². The van der Waals surface area contributed by atoms with Crippen molar-refractivity contribution in [2.75, 3.05) is 6.61 Å². The third-order valence-electron chi connectivity index (χ3n) is 5.14. The van der Waals surface area contributed by atoms with Crippen molar-refractivity contribution in [1.29, 1.82) is 0 Å². The number of aliphatic hydroxyl groups is 1. The Balaban J connectivity index is 1.42.